The second-order valence-corrected chi connectivity index (χ2v) is 8.34. The number of halogens is 1. The van der Waals surface area contributed by atoms with Crippen molar-refractivity contribution in [1.29, 1.82) is 0 Å². The van der Waals surface area contributed by atoms with Crippen molar-refractivity contribution in [1.82, 2.24) is 25.4 Å². The van der Waals surface area contributed by atoms with E-state index in [0.717, 1.165) is 10.8 Å². The maximum absolute atomic E-state index is 12.4. The van der Waals surface area contributed by atoms with Gasteiger partial charge in [-0.2, -0.15) is 4.31 Å². The van der Waals surface area contributed by atoms with E-state index in [9.17, 15) is 13.2 Å². The van der Waals surface area contributed by atoms with Gasteiger partial charge in [-0.3, -0.25) is 15.6 Å². The van der Waals surface area contributed by atoms with Gasteiger partial charge in [-0.05, 0) is 50.6 Å². The number of likely N-dealkylation sites (N-methyl/N-ethyl adjacent to an activating group) is 2. The van der Waals surface area contributed by atoms with Crippen LogP contribution in [0.3, 0.4) is 0 Å². The molecule has 0 spiro atoms. The Morgan fingerprint density at radius 3 is 2.32 bits per heavy atom. The summed E-state index contributed by atoms with van der Waals surface area (Å²) in [5, 5.41) is 3.58. The van der Waals surface area contributed by atoms with Gasteiger partial charge in [0.15, 0.2) is 5.11 Å². The summed E-state index contributed by atoms with van der Waals surface area (Å²) in [5.41, 5.74) is 4.87. The molecule has 0 aliphatic carbocycles. The van der Waals surface area contributed by atoms with Crippen molar-refractivity contribution in [3.05, 3.63) is 29.3 Å². The van der Waals surface area contributed by atoms with Gasteiger partial charge in [0.05, 0.1) is 11.4 Å². The molecular weight excluding hydrogens is 386 g/mol. The molecule has 0 bridgehead atoms. The van der Waals surface area contributed by atoms with Crippen LogP contribution in [0.2, 0.25) is 5.02 Å². The molecule has 0 fully saturated rings. The summed E-state index contributed by atoms with van der Waals surface area (Å²) < 4.78 is 25.7. The summed E-state index contributed by atoms with van der Waals surface area (Å²) in [6, 6.07) is 5.71. The number of rotatable bonds is 7. The Labute approximate surface area is 158 Å². The second kappa shape index (κ2) is 9.88. The Balaban J connectivity index is 2.48. The molecule has 8 nitrogen and oxygen atoms in total. The van der Waals surface area contributed by atoms with E-state index in [1.165, 1.54) is 31.3 Å². The first-order chi connectivity index (χ1) is 11.6. The topological polar surface area (TPSA) is 93.8 Å². The lowest BCUT2D eigenvalue weighted by Gasteiger charge is -2.18. The van der Waals surface area contributed by atoms with Gasteiger partial charge in [0.1, 0.15) is 0 Å². The Bertz CT molecular complexity index is 695. The van der Waals surface area contributed by atoms with E-state index in [1.54, 1.807) is 0 Å². The van der Waals surface area contributed by atoms with Crippen molar-refractivity contribution < 1.29 is 13.2 Å². The van der Waals surface area contributed by atoms with Crippen molar-refractivity contribution in [2.45, 2.75) is 4.90 Å². The molecule has 0 aliphatic rings. The quantitative estimate of drug-likeness (QED) is 0.433. The molecule has 25 heavy (non-hydrogen) atoms. The SMILES string of the molecule is CN(C)CCNC(=S)NNC(=O)CN(C)S(=O)(=O)c1ccc(Cl)cc1. The first kappa shape index (κ1) is 21.6. The first-order valence-electron chi connectivity index (χ1n) is 7.32. The number of carbonyl (C=O) groups excluding carboxylic acids is 1. The summed E-state index contributed by atoms with van der Waals surface area (Å²) in [5.74, 6) is -0.545. The summed E-state index contributed by atoms with van der Waals surface area (Å²) in [7, 11) is 1.39. The van der Waals surface area contributed by atoms with Crippen LogP contribution < -0.4 is 16.2 Å². The zero-order chi connectivity index (χ0) is 19.0. The third-order valence-corrected chi connectivity index (χ3v) is 5.36. The molecule has 1 aromatic carbocycles. The summed E-state index contributed by atoms with van der Waals surface area (Å²) >= 11 is 10.7. The standard InChI is InChI=1S/C14H22ClN5O3S2/c1-19(2)9-8-16-14(24)18-17-13(21)10-20(3)25(22,23)12-6-4-11(15)5-7-12/h4-7H,8-10H2,1-3H3,(H,17,21)(H2,16,18,24). The molecule has 140 valence electrons. The molecule has 0 unspecified atom stereocenters. The van der Waals surface area contributed by atoms with Crippen molar-refractivity contribution in [2.75, 3.05) is 40.8 Å². The van der Waals surface area contributed by atoms with E-state index in [0.29, 0.717) is 11.6 Å². The van der Waals surface area contributed by atoms with E-state index in [-0.39, 0.29) is 16.6 Å². The van der Waals surface area contributed by atoms with Gasteiger partial charge in [0.2, 0.25) is 10.0 Å². The van der Waals surface area contributed by atoms with Gasteiger partial charge in [-0.1, -0.05) is 11.6 Å². The molecular formula is C14H22ClN5O3S2. The molecule has 0 saturated heterocycles. The Kier molecular flexibility index (Phi) is 8.53. The molecule has 0 heterocycles. The van der Waals surface area contributed by atoms with Gasteiger partial charge in [0, 0.05) is 25.2 Å². The van der Waals surface area contributed by atoms with Crippen LogP contribution in [0.1, 0.15) is 0 Å². The van der Waals surface area contributed by atoms with E-state index >= 15 is 0 Å². The van der Waals surface area contributed by atoms with Crippen molar-refractivity contribution in [3.63, 3.8) is 0 Å². The third kappa shape index (κ3) is 7.53. The highest BCUT2D eigenvalue weighted by atomic mass is 35.5. The highest BCUT2D eigenvalue weighted by Crippen LogP contribution is 2.17. The molecule has 3 N–H and O–H groups in total. The maximum atomic E-state index is 12.4. The van der Waals surface area contributed by atoms with Crippen molar-refractivity contribution in [2.24, 2.45) is 0 Å². The van der Waals surface area contributed by atoms with Gasteiger partial charge < -0.3 is 10.2 Å². The average Bonchev–Trinajstić information content (AvgIpc) is 2.53. The van der Waals surface area contributed by atoms with Crippen LogP contribution in [0.4, 0.5) is 0 Å². The zero-order valence-electron chi connectivity index (χ0n) is 14.2. The lowest BCUT2D eigenvalue weighted by molar-refractivity contribution is -0.121. The highest BCUT2D eigenvalue weighted by Gasteiger charge is 2.22. The van der Waals surface area contributed by atoms with Crippen molar-refractivity contribution >= 4 is 44.9 Å². The Morgan fingerprint density at radius 1 is 1.16 bits per heavy atom. The Hall–Kier alpha value is -1.46. The molecule has 11 heteroatoms. The number of hydrazine groups is 1. The molecule has 0 aromatic heterocycles. The second-order valence-electron chi connectivity index (χ2n) is 5.45. The van der Waals surface area contributed by atoms with E-state index < -0.39 is 15.9 Å². The monoisotopic (exact) mass is 407 g/mol. The summed E-state index contributed by atoms with van der Waals surface area (Å²) in [6.07, 6.45) is 0. The van der Waals surface area contributed by atoms with Gasteiger partial charge in [-0.15, -0.1) is 0 Å². The molecule has 1 aromatic rings. The number of hydrogen-bond donors (Lipinski definition) is 3. The minimum atomic E-state index is -3.78. The van der Waals surface area contributed by atoms with Crippen LogP contribution in [-0.2, 0) is 14.8 Å². The number of nitrogens with zero attached hydrogens (tertiary/aromatic N) is 2. The number of hydrogen-bond acceptors (Lipinski definition) is 5. The fourth-order valence-electron chi connectivity index (χ4n) is 1.68. The van der Waals surface area contributed by atoms with Gasteiger partial charge in [-0.25, -0.2) is 8.42 Å². The molecule has 1 amide bonds. The molecule has 0 atom stereocenters. The largest absolute Gasteiger partial charge is 0.360 e. The normalized spacial score (nSPS) is 11.4. The lowest BCUT2D eigenvalue weighted by Crippen LogP contribution is -2.50. The molecule has 0 radical (unpaired) electrons. The predicted octanol–water partition coefficient (Wildman–Crippen LogP) is 0.0174. The Morgan fingerprint density at radius 2 is 1.76 bits per heavy atom. The number of amides is 1. The smallest absolute Gasteiger partial charge is 0.253 e. The fraction of sp³-hybridized carbons (Fsp3) is 0.429. The minimum absolute atomic E-state index is 0.0565. The van der Waals surface area contributed by atoms with Crippen LogP contribution in [0.15, 0.2) is 29.2 Å². The molecule has 0 saturated carbocycles. The van der Waals surface area contributed by atoms with Crippen LogP contribution >= 0.6 is 23.8 Å². The van der Waals surface area contributed by atoms with Gasteiger partial charge in [0.25, 0.3) is 5.91 Å². The van der Waals surface area contributed by atoms with Crippen LogP contribution in [0.5, 0.6) is 0 Å². The predicted molar refractivity (Wildman–Crippen MR) is 102 cm³/mol. The third-order valence-electron chi connectivity index (χ3n) is 3.05. The summed E-state index contributed by atoms with van der Waals surface area (Å²) in [4.78, 5) is 13.9. The van der Waals surface area contributed by atoms with Crippen LogP contribution in [-0.4, -0.2) is 69.4 Å². The van der Waals surface area contributed by atoms with Crippen LogP contribution in [0.25, 0.3) is 0 Å². The number of nitrogens with one attached hydrogen (secondary N) is 3. The fourth-order valence-corrected chi connectivity index (χ4v) is 3.08. The van der Waals surface area contributed by atoms with E-state index in [2.05, 4.69) is 16.2 Å². The van der Waals surface area contributed by atoms with E-state index in [1.807, 2.05) is 19.0 Å². The summed E-state index contributed by atoms with van der Waals surface area (Å²) in [6.45, 7) is 1.02. The number of sulfonamides is 1. The van der Waals surface area contributed by atoms with E-state index in [4.69, 9.17) is 23.8 Å². The minimum Gasteiger partial charge on any atom is -0.360 e. The number of thiocarbonyl (C=S) groups is 1. The molecule has 0 aliphatic heterocycles. The van der Waals surface area contributed by atoms with Crippen LogP contribution in [0, 0.1) is 0 Å². The van der Waals surface area contributed by atoms with Gasteiger partial charge >= 0.3 is 0 Å². The number of benzene rings is 1. The maximum Gasteiger partial charge on any atom is 0.253 e. The lowest BCUT2D eigenvalue weighted by atomic mass is 10.4. The first-order valence-corrected chi connectivity index (χ1v) is 9.55. The molecule has 1 rings (SSSR count). The van der Waals surface area contributed by atoms with Crippen molar-refractivity contribution in [3.8, 4) is 0 Å². The highest BCUT2D eigenvalue weighted by molar-refractivity contribution is 7.89. The zero-order valence-corrected chi connectivity index (χ0v) is 16.6. The average molecular weight is 408 g/mol. The number of carbonyl (C=O) groups is 1.